The lowest BCUT2D eigenvalue weighted by Crippen LogP contribution is -2.15. The van der Waals surface area contributed by atoms with Gasteiger partial charge in [-0.1, -0.05) is 24.3 Å². The summed E-state index contributed by atoms with van der Waals surface area (Å²) in [7, 11) is -0.0247. The van der Waals surface area contributed by atoms with Crippen LogP contribution in [0, 0.1) is 0 Å². The number of anilines is 2. The highest BCUT2D eigenvalue weighted by Crippen LogP contribution is 2.30. The Bertz CT molecular complexity index is 1020. The zero-order valence-electron chi connectivity index (χ0n) is 12.6. The highest BCUT2D eigenvalue weighted by Gasteiger charge is 2.19. The van der Waals surface area contributed by atoms with Crippen molar-refractivity contribution in [1.82, 2.24) is 9.97 Å². The monoisotopic (exact) mass is 332 g/mol. The molecule has 3 N–H and O–H groups in total. The van der Waals surface area contributed by atoms with Crippen LogP contribution in [0.3, 0.4) is 0 Å². The number of aromatic amines is 2. The molecule has 0 fully saturated rings. The summed E-state index contributed by atoms with van der Waals surface area (Å²) in [5.74, 6) is 0.0933. The van der Waals surface area contributed by atoms with E-state index in [4.69, 9.17) is 0 Å². The van der Waals surface area contributed by atoms with Crippen LogP contribution < -0.4 is 15.3 Å². The fraction of sp³-hybridized carbons (Fsp3) is 0.133. The summed E-state index contributed by atoms with van der Waals surface area (Å²) in [5.41, 5.74) is 0.449. The van der Waals surface area contributed by atoms with E-state index in [0.717, 1.165) is 11.1 Å². The van der Waals surface area contributed by atoms with Crippen molar-refractivity contribution in [2.75, 3.05) is 23.7 Å². The van der Waals surface area contributed by atoms with E-state index in [9.17, 15) is 13.2 Å². The number of nitrogens with zero attached hydrogens (tertiary/aromatic N) is 1. The highest BCUT2D eigenvalue weighted by atomic mass is 32.2. The molecule has 0 atom stereocenters. The smallest absolute Gasteiger partial charge is 0.324 e. The van der Waals surface area contributed by atoms with Crippen LogP contribution in [-0.2, 0) is 10.0 Å². The molecule has 0 radical (unpaired) electrons. The summed E-state index contributed by atoms with van der Waals surface area (Å²) in [6, 6.07) is 10.6. The first-order chi connectivity index (χ1) is 10.9. The molecule has 0 amide bonds. The van der Waals surface area contributed by atoms with Crippen LogP contribution in [0.5, 0.6) is 0 Å². The molecule has 1 aromatic heterocycles. The number of sulfonamides is 1. The predicted molar refractivity (Wildman–Crippen MR) is 90.5 cm³/mol. The van der Waals surface area contributed by atoms with Crippen LogP contribution in [-0.4, -0.2) is 32.5 Å². The molecule has 0 spiro atoms. The second-order valence-electron chi connectivity index (χ2n) is 5.28. The molecule has 3 rings (SSSR count). The normalized spacial score (nSPS) is 11.6. The van der Waals surface area contributed by atoms with Gasteiger partial charge in [0.25, 0.3) is 10.0 Å². The van der Waals surface area contributed by atoms with Gasteiger partial charge in [0, 0.05) is 36.8 Å². The van der Waals surface area contributed by atoms with Crippen LogP contribution in [0.15, 0.2) is 52.3 Å². The SMILES string of the molecule is CN(C)c1cccc2c(S(=O)(=O)Nc3c[nH]c(=O)[nH]3)cccc12. The minimum absolute atomic E-state index is 0.0933. The van der Waals surface area contributed by atoms with Crippen LogP contribution in [0.1, 0.15) is 0 Å². The lowest BCUT2D eigenvalue weighted by molar-refractivity contribution is 0.602. The van der Waals surface area contributed by atoms with Gasteiger partial charge in [0.15, 0.2) is 0 Å². The minimum atomic E-state index is -3.83. The molecule has 0 aliphatic heterocycles. The third-order valence-electron chi connectivity index (χ3n) is 3.47. The quantitative estimate of drug-likeness (QED) is 0.677. The molecule has 0 unspecified atom stereocenters. The maximum atomic E-state index is 12.6. The van der Waals surface area contributed by atoms with E-state index in [1.807, 2.05) is 37.2 Å². The first kappa shape index (κ1) is 15.2. The minimum Gasteiger partial charge on any atom is -0.377 e. The number of imidazole rings is 1. The number of hydrogen-bond donors (Lipinski definition) is 3. The average Bonchev–Trinajstić information content (AvgIpc) is 2.90. The maximum absolute atomic E-state index is 12.6. The topological polar surface area (TPSA) is 98.1 Å². The Labute approximate surface area is 133 Å². The van der Waals surface area contributed by atoms with Gasteiger partial charge in [-0.3, -0.25) is 9.71 Å². The first-order valence-corrected chi connectivity index (χ1v) is 8.36. The molecule has 0 saturated heterocycles. The van der Waals surface area contributed by atoms with E-state index in [1.54, 1.807) is 12.1 Å². The number of aromatic nitrogens is 2. The van der Waals surface area contributed by atoms with Crippen molar-refractivity contribution in [2.45, 2.75) is 4.90 Å². The number of hydrogen-bond acceptors (Lipinski definition) is 4. The van der Waals surface area contributed by atoms with Crippen molar-refractivity contribution in [3.05, 3.63) is 53.1 Å². The Morgan fingerprint density at radius 3 is 2.39 bits per heavy atom. The van der Waals surface area contributed by atoms with Gasteiger partial charge in [-0.25, -0.2) is 13.2 Å². The molecule has 0 aliphatic carbocycles. The average molecular weight is 332 g/mol. The Balaban J connectivity index is 2.16. The van der Waals surface area contributed by atoms with Crippen molar-refractivity contribution < 1.29 is 8.42 Å². The van der Waals surface area contributed by atoms with Crippen LogP contribution in [0.25, 0.3) is 10.8 Å². The third-order valence-corrected chi connectivity index (χ3v) is 4.89. The number of benzene rings is 2. The second kappa shape index (κ2) is 5.47. The largest absolute Gasteiger partial charge is 0.377 e. The van der Waals surface area contributed by atoms with Crippen LogP contribution in [0.4, 0.5) is 11.5 Å². The van der Waals surface area contributed by atoms with Gasteiger partial charge in [-0.05, 0) is 12.1 Å². The molecule has 1 heterocycles. The molecule has 3 aromatic rings. The van der Waals surface area contributed by atoms with E-state index in [1.165, 1.54) is 12.3 Å². The van der Waals surface area contributed by atoms with E-state index >= 15 is 0 Å². The van der Waals surface area contributed by atoms with Crippen LogP contribution >= 0.6 is 0 Å². The van der Waals surface area contributed by atoms with Crippen molar-refractivity contribution >= 4 is 32.3 Å². The fourth-order valence-corrected chi connectivity index (χ4v) is 3.71. The molecule has 0 saturated carbocycles. The highest BCUT2D eigenvalue weighted by molar-refractivity contribution is 7.93. The van der Waals surface area contributed by atoms with Gasteiger partial charge in [0.2, 0.25) is 0 Å². The lowest BCUT2D eigenvalue weighted by atomic mass is 10.1. The van der Waals surface area contributed by atoms with E-state index < -0.39 is 15.7 Å². The van der Waals surface area contributed by atoms with E-state index in [-0.39, 0.29) is 10.7 Å². The van der Waals surface area contributed by atoms with Crippen molar-refractivity contribution in [1.29, 1.82) is 0 Å². The summed E-state index contributed by atoms with van der Waals surface area (Å²) < 4.78 is 27.7. The Kier molecular flexibility index (Phi) is 3.61. The van der Waals surface area contributed by atoms with E-state index in [0.29, 0.717) is 5.39 Å². The Hall–Kier alpha value is -2.74. The standard InChI is InChI=1S/C15H16N4O3S/c1-19(2)12-7-3-6-11-10(12)5-4-8-13(11)23(21,22)18-14-9-16-15(20)17-14/h3-9,18H,1-2H3,(H2,16,17,20). The summed E-state index contributed by atoms with van der Waals surface area (Å²) >= 11 is 0. The number of nitrogens with one attached hydrogen (secondary N) is 3. The Morgan fingerprint density at radius 1 is 1.04 bits per heavy atom. The number of H-pyrrole nitrogens is 2. The van der Waals surface area contributed by atoms with Gasteiger partial charge >= 0.3 is 5.69 Å². The van der Waals surface area contributed by atoms with E-state index in [2.05, 4.69) is 14.7 Å². The molecular formula is C15H16N4O3S. The van der Waals surface area contributed by atoms with Crippen molar-refractivity contribution in [2.24, 2.45) is 0 Å². The zero-order valence-corrected chi connectivity index (χ0v) is 13.4. The van der Waals surface area contributed by atoms with Crippen LogP contribution in [0.2, 0.25) is 0 Å². The predicted octanol–water partition coefficient (Wildman–Crippen LogP) is 1.72. The van der Waals surface area contributed by atoms with Gasteiger partial charge in [-0.2, -0.15) is 0 Å². The zero-order chi connectivity index (χ0) is 16.6. The summed E-state index contributed by atoms with van der Waals surface area (Å²) in [6.45, 7) is 0. The molecule has 8 heteroatoms. The Morgan fingerprint density at radius 2 is 1.74 bits per heavy atom. The summed E-state index contributed by atoms with van der Waals surface area (Å²) in [5, 5.41) is 1.45. The van der Waals surface area contributed by atoms with Gasteiger partial charge in [-0.15, -0.1) is 0 Å². The molecule has 120 valence electrons. The summed E-state index contributed by atoms with van der Waals surface area (Å²) in [6.07, 6.45) is 1.27. The van der Waals surface area contributed by atoms with Gasteiger partial charge in [0.1, 0.15) is 5.82 Å². The first-order valence-electron chi connectivity index (χ1n) is 6.88. The molecule has 0 bridgehead atoms. The third kappa shape index (κ3) is 2.80. The second-order valence-corrected chi connectivity index (χ2v) is 6.94. The number of fused-ring (bicyclic) bond motifs is 1. The summed E-state index contributed by atoms with van der Waals surface area (Å²) in [4.78, 5) is 17.9. The molecule has 2 aromatic carbocycles. The van der Waals surface area contributed by atoms with Gasteiger partial charge in [0.05, 0.1) is 4.90 Å². The fourth-order valence-electron chi connectivity index (χ4n) is 2.48. The molecule has 7 nitrogen and oxygen atoms in total. The lowest BCUT2D eigenvalue weighted by Gasteiger charge is -2.17. The molecule has 23 heavy (non-hydrogen) atoms. The van der Waals surface area contributed by atoms with Crippen molar-refractivity contribution in [3.63, 3.8) is 0 Å². The number of rotatable bonds is 4. The van der Waals surface area contributed by atoms with Gasteiger partial charge < -0.3 is 9.88 Å². The maximum Gasteiger partial charge on any atom is 0.324 e. The van der Waals surface area contributed by atoms with Crippen molar-refractivity contribution in [3.8, 4) is 0 Å². The molecule has 0 aliphatic rings. The molecular weight excluding hydrogens is 316 g/mol.